The van der Waals surface area contributed by atoms with Crippen molar-refractivity contribution in [3.8, 4) is 0 Å². The van der Waals surface area contributed by atoms with Crippen LogP contribution in [0.1, 0.15) is 18.4 Å². The van der Waals surface area contributed by atoms with Crippen molar-refractivity contribution in [2.45, 2.75) is 18.4 Å². The maximum atomic E-state index is 13.0. The molecule has 0 amide bonds. The van der Waals surface area contributed by atoms with Gasteiger partial charge in [-0.1, -0.05) is 15.9 Å². The molecule has 2 nitrogen and oxygen atoms in total. The minimum Gasteiger partial charge on any atom is -0.211 e. The summed E-state index contributed by atoms with van der Waals surface area (Å²) in [5.74, 6) is -0.310. The molecular formula is C10H7BrFNO. The van der Waals surface area contributed by atoms with Gasteiger partial charge in [0.25, 0.3) is 0 Å². The number of benzene rings is 1. The Hall–Kier alpha value is -0.990. The Morgan fingerprint density at radius 3 is 2.79 bits per heavy atom. The standard InChI is InChI=1S/C10H7BrFNO/c11-9-2-1-7(12)5-8(9)10(3-4-10)13-6-14/h1-2,5H,3-4H2. The normalized spacial score (nSPS) is 17.3. The van der Waals surface area contributed by atoms with Gasteiger partial charge in [0.1, 0.15) is 5.82 Å². The highest BCUT2D eigenvalue weighted by molar-refractivity contribution is 9.10. The van der Waals surface area contributed by atoms with Gasteiger partial charge in [-0.2, -0.15) is 4.99 Å². The molecule has 0 N–H and O–H groups in total. The lowest BCUT2D eigenvalue weighted by Crippen LogP contribution is -2.03. The van der Waals surface area contributed by atoms with E-state index in [4.69, 9.17) is 0 Å². The van der Waals surface area contributed by atoms with Crippen molar-refractivity contribution < 1.29 is 9.18 Å². The second kappa shape index (κ2) is 3.30. The first-order valence-corrected chi connectivity index (χ1v) is 5.02. The van der Waals surface area contributed by atoms with Gasteiger partial charge in [0.15, 0.2) is 0 Å². The molecule has 14 heavy (non-hydrogen) atoms. The molecule has 0 aromatic heterocycles. The Labute approximate surface area is 89.0 Å². The molecule has 1 aliphatic carbocycles. The fraction of sp³-hybridized carbons (Fsp3) is 0.300. The van der Waals surface area contributed by atoms with Crippen molar-refractivity contribution in [2.75, 3.05) is 0 Å². The zero-order valence-corrected chi connectivity index (χ0v) is 8.84. The molecule has 0 saturated heterocycles. The van der Waals surface area contributed by atoms with Crippen molar-refractivity contribution in [3.63, 3.8) is 0 Å². The third-order valence-corrected chi connectivity index (χ3v) is 3.10. The van der Waals surface area contributed by atoms with E-state index in [2.05, 4.69) is 20.9 Å². The maximum absolute atomic E-state index is 13.0. The summed E-state index contributed by atoms with van der Waals surface area (Å²) in [5, 5.41) is 0. The first kappa shape index (κ1) is 9.56. The fourth-order valence-corrected chi connectivity index (χ4v) is 2.12. The Kier molecular flexibility index (Phi) is 2.25. The van der Waals surface area contributed by atoms with Crippen molar-refractivity contribution in [1.29, 1.82) is 0 Å². The fourth-order valence-electron chi connectivity index (χ4n) is 1.50. The third kappa shape index (κ3) is 1.51. The van der Waals surface area contributed by atoms with Crippen LogP contribution in [0, 0.1) is 5.82 Å². The van der Waals surface area contributed by atoms with Crippen LogP contribution in [0.2, 0.25) is 0 Å². The lowest BCUT2D eigenvalue weighted by atomic mass is 10.1. The molecule has 1 aromatic rings. The van der Waals surface area contributed by atoms with E-state index in [9.17, 15) is 9.18 Å². The molecular weight excluding hydrogens is 249 g/mol. The summed E-state index contributed by atoms with van der Waals surface area (Å²) < 4.78 is 13.8. The van der Waals surface area contributed by atoms with Gasteiger partial charge in [-0.25, -0.2) is 9.18 Å². The van der Waals surface area contributed by atoms with E-state index < -0.39 is 5.54 Å². The molecule has 0 spiro atoms. The first-order valence-electron chi connectivity index (χ1n) is 4.22. The number of halogens is 2. The predicted octanol–water partition coefficient (Wildman–Crippen LogP) is 2.91. The smallest absolute Gasteiger partial charge is 0.211 e. The number of hydrogen-bond donors (Lipinski definition) is 0. The molecule has 0 heterocycles. The highest BCUT2D eigenvalue weighted by Crippen LogP contribution is 2.51. The molecule has 0 aliphatic heterocycles. The number of isocyanates is 1. The van der Waals surface area contributed by atoms with Gasteiger partial charge in [-0.05, 0) is 36.6 Å². The maximum Gasteiger partial charge on any atom is 0.235 e. The summed E-state index contributed by atoms with van der Waals surface area (Å²) in [6.07, 6.45) is 3.11. The first-order chi connectivity index (χ1) is 6.68. The van der Waals surface area contributed by atoms with E-state index in [1.54, 1.807) is 12.1 Å². The summed E-state index contributed by atoms with van der Waals surface area (Å²) in [6.45, 7) is 0. The van der Waals surface area contributed by atoms with Crippen molar-refractivity contribution in [1.82, 2.24) is 0 Å². The van der Waals surface area contributed by atoms with Gasteiger partial charge >= 0.3 is 0 Å². The molecule has 1 aromatic carbocycles. The van der Waals surface area contributed by atoms with Gasteiger partial charge in [0.05, 0.1) is 5.54 Å². The van der Waals surface area contributed by atoms with Crippen LogP contribution in [0.15, 0.2) is 27.7 Å². The SMILES string of the molecule is O=C=NC1(c2cc(F)ccc2Br)CC1. The number of rotatable bonds is 2. The Bertz CT molecular complexity index is 422. The van der Waals surface area contributed by atoms with E-state index in [1.807, 2.05) is 0 Å². The molecule has 2 rings (SSSR count). The van der Waals surface area contributed by atoms with Crippen LogP contribution in [0.5, 0.6) is 0 Å². The molecule has 4 heteroatoms. The summed E-state index contributed by atoms with van der Waals surface area (Å²) in [4.78, 5) is 14.0. The average Bonchev–Trinajstić information content (AvgIpc) is 2.91. The molecule has 1 fully saturated rings. The number of carbonyl (C=O) groups excluding carboxylic acids is 1. The van der Waals surface area contributed by atoms with E-state index in [-0.39, 0.29) is 5.82 Å². The van der Waals surface area contributed by atoms with Crippen molar-refractivity contribution in [2.24, 2.45) is 4.99 Å². The molecule has 0 bridgehead atoms. The molecule has 1 aliphatic rings. The zero-order valence-electron chi connectivity index (χ0n) is 7.26. The van der Waals surface area contributed by atoms with Crippen molar-refractivity contribution >= 4 is 22.0 Å². The number of hydrogen-bond acceptors (Lipinski definition) is 2. The van der Waals surface area contributed by atoms with Crippen LogP contribution in [-0.2, 0) is 10.3 Å². The van der Waals surface area contributed by atoms with E-state index in [0.29, 0.717) is 0 Å². The minimum atomic E-state index is -0.511. The van der Waals surface area contributed by atoms with Crippen molar-refractivity contribution in [3.05, 3.63) is 34.1 Å². The third-order valence-electron chi connectivity index (χ3n) is 2.41. The van der Waals surface area contributed by atoms with Gasteiger partial charge < -0.3 is 0 Å². The van der Waals surface area contributed by atoms with E-state index in [1.165, 1.54) is 12.1 Å². The Morgan fingerprint density at radius 2 is 2.21 bits per heavy atom. The topological polar surface area (TPSA) is 29.4 Å². The summed E-state index contributed by atoms with van der Waals surface area (Å²) in [7, 11) is 0. The van der Waals surface area contributed by atoms with E-state index in [0.717, 1.165) is 22.9 Å². The van der Waals surface area contributed by atoms with Crippen LogP contribution in [0.25, 0.3) is 0 Å². The minimum absolute atomic E-state index is 0.310. The van der Waals surface area contributed by atoms with Gasteiger partial charge in [-0.15, -0.1) is 0 Å². The highest BCUT2D eigenvalue weighted by atomic mass is 79.9. The van der Waals surface area contributed by atoms with Crippen LogP contribution in [0.3, 0.4) is 0 Å². The lowest BCUT2D eigenvalue weighted by Gasteiger charge is -2.10. The largest absolute Gasteiger partial charge is 0.235 e. The predicted molar refractivity (Wildman–Crippen MR) is 53.1 cm³/mol. The summed E-state index contributed by atoms with van der Waals surface area (Å²) >= 11 is 3.32. The quantitative estimate of drug-likeness (QED) is 0.590. The monoisotopic (exact) mass is 255 g/mol. The molecule has 1 saturated carbocycles. The zero-order chi connectivity index (χ0) is 10.2. The number of nitrogens with zero attached hydrogens (tertiary/aromatic N) is 1. The van der Waals surface area contributed by atoms with Crippen LogP contribution in [0.4, 0.5) is 4.39 Å². The Morgan fingerprint density at radius 1 is 1.50 bits per heavy atom. The summed E-state index contributed by atoms with van der Waals surface area (Å²) in [6, 6.07) is 4.41. The second-order valence-corrected chi connectivity index (χ2v) is 4.21. The molecule has 0 radical (unpaired) electrons. The van der Waals surface area contributed by atoms with Gasteiger partial charge in [0, 0.05) is 4.47 Å². The molecule has 0 unspecified atom stereocenters. The van der Waals surface area contributed by atoms with Gasteiger partial charge in [0.2, 0.25) is 6.08 Å². The van der Waals surface area contributed by atoms with Crippen LogP contribution in [-0.4, -0.2) is 6.08 Å². The molecule has 72 valence electrons. The van der Waals surface area contributed by atoms with Crippen LogP contribution >= 0.6 is 15.9 Å². The molecule has 0 atom stereocenters. The summed E-state index contributed by atoms with van der Waals surface area (Å²) in [5.41, 5.74) is 0.226. The second-order valence-electron chi connectivity index (χ2n) is 3.36. The lowest BCUT2D eigenvalue weighted by molar-refractivity contribution is 0.555. The van der Waals surface area contributed by atoms with Gasteiger partial charge in [-0.3, -0.25) is 0 Å². The number of aliphatic imine (C=N–C) groups is 1. The highest BCUT2D eigenvalue weighted by Gasteiger charge is 2.46. The average molecular weight is 256 g/mol. The van der Waals surface area contributed by atoms with Crippen LogP contribution < -0.4 is 0 Å². The van der Waals surface area contributed by atoms with E-state index >= 15 is 0 Å². The Balaban J connectivity index is 2.50.